The lowest BCUT2D eigenvalue weighted by atomic mass is 9.68. The first-order valence-corrected chi connectivity index (χ1v) is 13.7. The van der Waals surface area contributed by atoms with Crippen molar-refractivity contribution in [2.45, 2.75) is 70.4 Å². The SMILES string of the molecule is C=C(N)c1ccc2c(c1)CCc1cc(C(N)=O)ccc1C2(C[C@H](C)NCC(=O)NC(C#N)C[C@@H](C)CC)C(N)=O. The predicted octanol–water partition coefficient (Wildman–Crippen LogP) is 2.40. The second-order valence-electron chi connectivity index (χ2n) is 10.9. The maximum absolute atomic E-state index is 13.5. The van der Waals surface area contributed by atoms with Crippen molar-refractivity contribution in [3.8, 4) is 6.07 Å². The summed E-state index contributed by atoms with van der Waals surface area (Å²) in [7, 11) is 0. The van der Waals surface area contributed by atoms with Crippen molar-refractivity contribution in [2.24, 2.45) is 23.1 Å². The summed E-state index contributed by atoms with van der Waals surface area (Å²) in [5, 5.41) is 15.4. The molecule has 0 radical (unpaired) electrons. The largest absolute Gasteiger partial charge is 0.399 e. The van der Waals surface area contributed by atoms with E-state index in [1.54, 1.807) is 18.2 Å². The van der Waals surface area contributed by atoms with E-state index in [0.29, 0.717) is 42.0 Å². The highest BCUT2D eigenvalue weighted by Gasteiger charge is 2.45. The zero-order valence-electron chi connectivity index (χ0n) is 23.5. The smallest absolute Gasteiger partial charge is 0.248 e. The van der Waals surface area contributed by atoms with Gasteiger partial charge in [-0.2, -0.15) is 5.26 Å². The van der Waals surface area contributed by atoms with E-state index in [1.807, 2.05) is 39.0 Å². The fourth-order valence-electron chi connectivity index (χ4n) is 5.54. The molecule has 1 aliphatic rings. The first-order valence-electron chi connectivity index (χ1n) is 13.7. The molecule has 212 valence electrons. The van der Waals surface area contributed by atoms with Crippen LogP contribution < -0.4 is 27.8 Å². The van der Waals surface area contributed by atoms with E-state index in [2.05, 4.69) is 23.3 Å². The summed E-state index contributed by atoms with van der Waals surface area (Å²) >= 11 is 0. The number of nitrogens with two attached hydrogens (primary N) is 3. The molecule has 3 amide bonds. The predicted molar refractivity (Wildman–Crippen MR) is 156 cm³/mol. The molecule has 3 rings (SSSR count). The number of aryl methyl sites for hydroxylation is 2. The molecule has 8 N–H and O–H groups in total. The van der Waals surface area contributed by atoms with Gasteiger partial charge in [-0.1, -0.05) is 45.0 Å². The van der Waals surface area contributed by atoms with Gasteiger partial charge in [0.1, 0.15) is 11.5 Å². The second-order valence-corrected chi connectivity index (χ2v) is 10.9. The van der Waals surface area contributed by atoms with Crippen molar-refractivity contribution in [3.63, 3.8) is 0 Å². The molecule has 0 saturated heterocycles. The van der Waals surface area contributed by atoms with Crippen LogP contribution >= 0.6 is 0 Å². The lowest BCUT2D eigenvalue weighted by molar-refractivity contribution is -0.122. The van der Waals surface area contributed by atoms with Gasteiger partial charge in [-0.3, -0.25) is 14.4 Å². The molecular formula is C31H40N6O3. The van der Waals surface area contributed by atoms with Crippen LogP contribution in [-0.2, 0) is 27.8 Å². The molecule has 9 heteroatoms. The Labute approximate surface area is 236 Å². The molecule has 0 saturated carbocycles. The van der Waals surface area contributed by atoms with Gasteiger partial charge in [0.05, 0.1) is 12.6 Å². The van der Waals surface area contributed by atoms with Crippen molar-refractivity contribution in [2.75, 3.05) is 6.54 Å². The zero-order valence-corrected chi connectivity index (χ0v) is 23.5. The Balaban J connectivity index is 1.97. The van der Waals surface area contributed by atoms with Crippen LogP contribution in [0.4, 0.5) is 0 Å². The summed E-state index contributed by atoms with van der Waals surface area (Å²) in [6.07, 6.45) is 2.91. The minimum atomic E-state index is -1.25. The number of hydrogen-bond donors (Lipinski definition) is 5. The minimum absolute atomic E-state index is 0.0268. The summed E-state index contributed by atoms with van der Waals surface area (Å²) in [5.41, 5.74) is 21.2. The van der Waals surface area contributed by atoms with Gasteiger partial charge >= 0.3 is 0 Å². The van der Waals surface area contributed by atoms with E-state index < -0.39 is 23.3 Å². The van der Waals surface area contributed by atoms with Gasteiger partial charge < -0.3 is 27.8 Å². The van der Waals surface area contributed by atoms with Crippen LogP contribution in [0.5, 0.6) is 0 Å². The van der Waals surface area contributed by atoms with E-state index in [-0.39, 0.29) is 24.9 Å². The van der Waals surface area contributed by atoms with E-state index >= 15 is 0 Å². The van der Waals surface area contributed by atoms with Crippen LogP contribution in [0.2, 0.25) is 0 Å². The molecule has 0 bridgehead atoms. The summed E-state index contributed by atoms with van der Waals surface area (Å²) in [6, 6.07) is 12.0. The van der Waals surface area contributed by atoms with Crippen molar-refractivity contribution in [1.29, 1.82) is 5.26 Å². The van der Waals surface area contributed by atoms with Gasteiger partial charge in [0, 0.05) is 17.3 Å². The highest BCUT2D eigenvalue weighted by Crippen LogP contribution is 2.44. The second kappa shape index (κ2) is 12.8. The summed E-state index contributed by atoms with van der Waals surface area (Å²) in [4.78, 5) is 38.1. The van der Waals surface area contributed by atoms with Crippen molar-refractivity contribution < 1.29 is 14.4 Å². The van der Waals surface area contributed by atoms with Gasteiger partial charge in [0.25, 0.3) is 0 Å². The van der Waals surface area contributed by atoms with E-state index in [9.17, 15) is 19.6 Å². The molecule has 0 spiro atoms. The van der Waals surface area contributed by atoms with Gasteiger partial charge in [-0.15, -0.1) is 0 Å². The van der Waals surface area contributed by atoms with Crippen molar-refractivity contribution in [3.05, 3.63) is 76.4 Å². The Morgan fingerprint density at radius 1 is 1.02 bits per heavy atom. The lowest BCUT2D eigenvalue weighted by Crippen LogP contribution is -2.49. The van der Waals surface area contributed by atoms with Crippen LogP contribution in [0, 0.1) is 17.2 Å². The maximum Gasteiger partial charge on any atom is 0.248 e. The lowest BCUT2D eigenvalue weighted by Gasteiger charge is -2.36. The molecule has 0 fully saturated rings. The number of amides is 3. The van der Waals surface area contributed by atoms with Gasteiger partial charge in [0.2, 0.25) is 17.7 Å². The molecular weight excluding hydrogens is 504 g/mol. The van der Waals surface area contributed by atoms with Crippen LogP contribution in [0.25, 0.3) is 5.70 Å². The summed E-state index contributed by atoms with van der Waals surface area (Å²) < 4.78 is 0. The average molecular weight is 545 g/mol. The summed E-state index contributed by atoms with van der Waals surface area (Å²) in [5.74, 6) is -1.08. The fourth-order valence-corrected chi connectivity index (χ4v) is 5.54. The van der Waals surface area contributed by atoms with Crippen LogP contribution in [0.1, 0.15) is 78.2 Å². The molecule has 2 aromatic carbocycles. The number of carbonyl (C=O) groups is 3. The standard InChI is InChI=1S/C31H40N6O3/c1-5-18(2)12-25(16-32)37-28(38)17-36-19(3)15-31(30(35)40)26-10-8-21(20(4)33)13-22(26)6-7-23-14-24(29(34)39)9-11-27(23)31/h8-11,13-14,18-19,25,36H,4-7,12,15,17,33H2,1-3H3,(H2,34,39)(H2,35,40)(H,37,38)/t18-,19-,25?,31?/m0/s1. The number of nitriles is 1. The van der Waals surface area contributed by atoms with Crippen LogP contribution in [-0.4, -0.2) is 36.3 Å². The normalized spacial score (nSPS) is 18.1. The molecule has 0 aromatic heterocycles. The molecule has 2 aromatic rings. The van der Waals surface area contributed by atoms with Gasteiger partial charge in [-0.25, -0.2) is 0 Å². The van der Waals surface area contributed by atoms with E-state index in [4.69, 9.17) is 17.2 Å². The number of carbonyl (C=O) groups excluding carboxylic acids is 3. The van der Waals surface area contributed by atoms with Gasteiger partial charge in [0.15, 0.2) is 0 Å². The maximum atomic E-state index is 13.5. The Morgan fingerprint density at radius 2 is 1.60 bits per heavy atom. The zero-order chi connectivity index (χ0) is 29.6. The first kappa shape index (κ1) is 30.4. The number of rotatable bonds is 12. The molecule has 2 unspecified atom stereocenters. The highest BCUT2D eigenvalue weighted by atomic mass is 16.2. The molecule has 0 heterocycles. The number of hydrogen-bond acceptors (Lipinski definition) is 6. The highest BCUT2D eigenvalue weighted by molar-refractivity contribution is 5.95. The Bertz CT molecular complexity index is 1280. The number of fused-ring (bicyclic) bond motifs is 2. The van der Waals surface area contributed by atoms with E-state index in [1.165, 1.54) is 0 Å². The first-order chi connectivity index (χ1) is 18.9. The molecule has 4 atom stereocenters. The number of primary amides is 2. The number of nitrogens with zero attached hydrogens (tertiary/aromatic N) is 1. The Kier molecular flexibility index (Phi) is 9.72. The van der Waals surface area contributed by atoms with Crippen LogP contribution in [0.15, 0.2) is 43.0 Å². The number of nitrogens with one attached hydrogen (secondary N) is 2. The monoisotopic (exact) mass is 544 g/mol. The van der Waals surface area contributed by atoms with Crippen molar-refractivity contribution in [1.82, 2.24) is 10.6 Å². The Morgan fingerprint density at radius 3 is 2.10 bits per heavy atom. The van der Waals surface area contributed by atoms with Crippen molar-refractivity contribution >= 4 is 23.4 Å². The minimum Gasteiger partial charge on any atom is -0.399 e. The molecule has 9 nitrogen and oxygen atoms in total. The fraction of sp³-hybridized carbons (Fsp3) is 0.419. The van der Waals surface area contributed by atoms with Crippen LogP contribution in [0.3, 0.4) is 0 Å². The number of benzene rings is 2. The topological polar surface area (TPSA) is 177 Å². The van der Waals surface area contributed by atoms with Gasteiger partial charge in [-0.05, 0) is 84.5 Å². The third-order valence-electron chi connectivity index (χ3n) is 7.92. The molecule has 40 heavy (non-hydrogen) atoms. The average Bonchev–Trinajstić information content (AvgIpc) is 3.05. The molecule has 1 aliphatic carbocycles. The Hall–Kier alpha value is -4.16. The third kappa shape index (κ3) is 6.52. The molecule has 0 aliphatic heterocycles. The quantitative estimate of drug-likeness (QED) is 0.274. The summed E-state index contributed by atoms with van der Waals surface area (Å²) in [6.45, 7) is 9.79. The van der Waals surface area contributed by atoms with E-state index in [0.717, 1.165) is 28.7 Å². The third-order valence-corrected chi connectivity index (χ3v) is 7.92.